The summed E-state index contributed by atoms with van der Waals surface area (Å²) in [6, 6.07) is 34.6. The molecule has 0 amide bonds. The van der Waals surface area contributed by atoms with Gasteiger partial charge < -0.3 is 22.5 Å². The van der Waals surface area contributed by atoms with Crippen LogP contribution in [0.5, 0.6) is 0 Å². The van der Waals surface area contributed by atoms with Gasteiger partial charge in [-0.15, -0.1) is 0 Å². The van der Waals surface area contributed by atoms with Crippen LogP contribution in [0.25, 0.3) is 28.0 Å². The van der Waals surface area contributed by atoms with Gasteiger partial charge in [0.2, 0.25) is 5.82 Å². The molecule has 0 saturated carbocycles. The molecular formula is C36H31BF2N4. The van der Waals surface area contributed by atoms with Gasteiger partial charge in [0, 0.05) is 31.0 Å². The molecule has 0 aliphatic carbocycles. The fourth-order valence-electron chi connectivity index (χ4n) is 6.40. The van der Waals surface area contributed by atoms with Gasteiger partial charge >= 0.3 is 6.97 Å². The lowest BCUT2D eigenvalue weighted by Crippen LogP contribution is -2.53. The van der Waals surface area contributed by atoms with Gasteiger partial charge in [-0.25, -0.2) is 0 Å². The van der Waals surface area contributed by atoms with Gasteiger partial charge in [-0.2, -0.15) is 0 Å². The summed E-state index contributed by atoms with van der Waals surface area (Å²) in [6.07, 6.45) is 1.86. The zero-order chi connectivity index (χ0) is 29.9. The fraction of sp³-hybridized carbons (Fsp3) is 0.111. The van der Waals surface area contributed by atoms with Crippen molar-refractivity contribution in [3.63, 3.8) is 0 Å². The minimum Gasteiger partial charge on any atom is -0.414 e. The van der Waals surface area contributed by atoms with Crippen molar-refractivity contribution < 1.29 is 13.1 Å². The molecule has 2 aliphatic rings. The lowest BCUT2D eigenvalue weighted by Gasteiger charge is -2.32. The lowest BCUT2D eigenvalue weighted by molar-refractivity contribution is -0.291. The number of halogens is 2. The van der Waals surface area contributed by atoms with Crippen LogP contribution in [0, 0.1) is 13.8 Å². The number of fused-ring (bicyclic) bond motifs is 2. The van der Waals surface area contributed by atoms with Crippen LogP contribution in [0.1, 0.15) is 22.3 Å². The average molecular weight is 568 g/mol. The fourth-order valence-corrected chi connectivity index (χ4v) is 6.40. The van der Waals surface area contributed by atoms with E-state index in [4.69, 9.17) is 4.99 Å². The smallest absolute Gasteiger partial charge is 0.414 e. The highest BCUT2D eigenvalue weighted by molar-refractivity contribution is 6.63. The first-order valence-electron chi connectivity index (χ1n) is 14.5. The molecule has 5 aromatic rings. The molecule has 2 aliphatic heterocycles. The monoisotopic (exact) mass is 568 g/mol. The summed E-state index contributed by atoms with van der Waals surface area (Å²) in [5.41, 5.74) is 8.54. The molecule has 0 atom stereocenters. The SMILES string of the molecule is Cc1cc(N(C)C)cc(C)c1-c1cc(-c2ccccc2)n2c1N=C1C(c3ccccc3)=CC(c3ccccc3)=[N+]1[B-]2(F)F. The lowest BCUT2D eigenvalue weighted by atomic mass is 9.90. The third-order valence-corrected chi connectivity index (χ3v) is 8.38. The van der Waals surface area contributed by atoms with Crippen LogP contribution in [0.15, 0.2) is 120 Å². The molecule has 7 rings (SSSR count). The zero-order valence-corrected chi connectivity index (χ0v) is 24.6. The van der Waals surface area contributed by atoms with Crippen molar-refractivity contribution in [3.05, 3.63) is 138 Å². The molecule has 43 heavy (non-hydrogen) atoms. The zero-order valence-electron chi connectivity index (χ0n) is 24.6. The van der Waals surface area contributed by atoms with E-state index in [2.05, 4.69) is 17.0 Å². The van der Waals surface area contributed by atoms with Gasteiger partial charge in [-0.05, 0) is 70.9 Å². The minimum atomic E-state index is -4.35. The van der Waals surface area contributed by atoms with Crippen LogP contribution < -0.4 is 4.90 Å². The Balaban J connectivity index is 1.57. The van der Waals surface area contributed by atoms with Crippen molar-refractivity contribution in [3.8, 4) is 22.4 Å². The van der Waals surface area contributed by atoms with Crippen LogP contribution in [-0.2, 0) is 0 Å². The number of rotatable bonds is 5. The van der Waals surface area contributed by atoms with Crippen LogP contribution in [0.3, 0.4) is 0 Å². The van der Waals surface area contributed by atoms with Gasteiger partial charge in [0.05, 0.1) is 16.8 Å². The first-order chi connectivity index (χ1) is 20.8. The highest BCUT2D eigenvalue weighted by Gasteiger charge is 2.53. The Labute approximate surface area is 250 Å². The molecule has 0 fully saturated rings. The van der Waals surface area contributed by atoms with Gasteiger partial charge in [-0.3, -0.25) is 0 Å². The van der Waals surface area contributed by atoms with E-state index in [1.807, 2.05) is 131 Å². The Hall–Kier alpha value is -5.04. The Morgan fingerprint density at radius 1 is 0.721 bits per heavy atom. The summed E-state index contributed by atoms with van der Waals surface area (Å²) >= 11 is 0. The van der Waals surface area contributed by atoms with Crippen molar-refractivity contribution >= 4 is 35.6 Å². The molecule has 0 bridgehead atoms. The second-order valence-corrected chi connectivity index (χ2v) is 11.4. The first-order valence-corrected chi connectivity index (χ1v) is 14.5. The first kappa shape index (κ1) is 26.8. The molecule has 0 spiro atoms. The number of amidine groups is 1. The van der Waals surface area contributed by atoms with Crippen molar-refractivity contribution in [2.75, 3.05) is 19.0 Å². The predicted molar refractivity (Wildman–Crippen MR) is 175 cm³/mol. The highest BCUT2D eigenvalue weighted by atomic mass is 19.2. The summed E-state index contributed by atoms with van der Waals surface area (Å²) in [6.45, 7) is -0.270. The van der Waals surface area contributed by atoms with E-state index in [1.54, 1.807) is 0 Å². The maximum Gasteiger partial charge on any atom is 0.642 e. The Bertz CT molecular complexity index is 1950. The summed E-state index contributed by atoms with van der Waals surface area (Å²) in [5, 5.41) is 0. The van der Waals surface area contributed by atoms with E-state index >= 15 is 8.63 Å². The molecular weight excluding hydrogens is 537 g/mol. The van der Waals surface area contributed by atoms with Crippen molar-refractivity contribution in [2.45, 2.75) is 13.8 Å². The summed E-state index contributed by atoms with van der Waals surface area (Å²) in [4.78, 5) is 7.20. The number of hydrogen-bond donors (Lipinski definition) is 0. The van der Waals surface area contributed by atoms with Crippen LogP contribution in [0.2, 0.25) is 0 Å². The summed E-state index contributed by atoms with van der Waals surface area (Å²) in [5.74, 6) is 0.539. The number of aromatic nitrogens is 1. The number of anilines is 1. The number of allylic oxidation sites excluding steroid dienone is 1. The molecule has 0 radical (unpaired) electrons. The molecule has 212 valence electrons. The molecule has 0 N–H and O–H groups in total. The number of benzene rings is 4. The van der Waals surface area contributed by atoms with Crippen molar-refractivity contribution in [1.29, 1.82) is 0 Å². The largest absolute Gasteiger partial charge is 0.642 e. The van der Waals surface area contributed by atoms with E-state index in [9.17, 15) is 0 Å². The second-order valence-electron chi connectivity index (χ2n) is 11.4. The minimum absolute atomic E-state index is 0.265. The van der Waals surface area contributed by atoms with Crippen LogP contribution in [0.4, 0.5) is 20.1 Å². The summed E-state index contributed by atoms with van der Waals surface area (Å²) < 4.78 is 37.2. The molecule has 1 aromatic heterocycles. The Morgan fingerprint density at radius 3 is 1.81 bits per heavy atom. The highest BCUT2D eigenvalue weighted by Crippen LogP contribution is 2.47. The standard InChI is InChI=1S/C36H31BF2N4/c1-24-20-29(41(3)4)21-25(2)34(24)31-23-33(28-18-12-7-13-19-28)43-36(31)40-35-30(26-14-8-5-9-15-26)22-32(42(35)37(43,38)39)27-16-10-6-11-17-27/h5-23H,1-4H3. The van der Waals surface area contributed by atoms with Crippen molar-refractivity contribution in [2.24, 2.45) is 4.99 Å². The molecule has 4 nitrogen and oxygen atoms in total. The molecule has 4 aromatic carbocycles. The van der Waals surface area contributed by atoms with Crippen molar-refractivity contribution in [1.82, 2.24) is 4.48 Å². The maximum atomic E-state index is 17.4. The van der Waals surface area contributed by atoms with E-state index < -0.39 is 6.97 Å². The van der Waals surface area contributed by atoms with Gasteiger partial charge in [0.25, 0.3) is 5.84 Å². The number of aryl methyl sites for hydroxylation is 2. The maximum absolute atomic E-state index is 17.4. The van der Waals surface area contributed by atoms with Crippen LogP contribution >= 0.6 is 0 Å². The van der Waals surface area contributed by atoms with Gasteiger partial charge in [0.1, 0.15) is 0 Å². The third-order valence-electron chi connectivity index (χ3n) is 8.38. The normalized spacial score (nSPS) is 15.1. The van der Waals surface area contributed by atoms with Gasteiger partial charge in [-0.1, -0.05) is 91.0 Å². The molecule has 7 heteroatoms. The number of nitrogens with zero attached hydrogens (tertiary/aromatic N) is 4. The van der Waals surface area contributed by atoms with E-state index in [1.165, 1.54) is 4.48 Å². The van der Waals surface area contributed by atoms with E-state index in [0.29, 0.717) is 33.7 Å². The van der Waals surface area contributed by atoms with Gasteiger partial charge in [0.15, 0.2) is 0 Å². The second kappa shape index (κ2) is 10.1. The van der Waals surface area contributed by atoms with Crippen LogP contribution in [-0.4, -0.2) is 41.6 Å². The van der Waals surface area contributed by atoms with E-state index in [-0.39, 0.29) is 11.7 Å². The molecule has 3 heterocycles. The Kier molecular flexibility index (Phi) is 6.27. The summed E-state index contributed by atoms with van der Waals surface area (Å²) in [7, 11) is 4.01. The van der Waals surface area contributed by atoms with E-state index in [0.717, 1.165) is 32.4 Å². The quantitative estimate of drug-likeness (QED) is 0.196. The predicted octanol–water partition coefficient (Wildman–Crippen LogP) is 8.37. The molecule has 0 saturated heterocycles. The number of hydrogen-bond acceptors (Lipinski definition) is 2. The number of aliphatic imine (C=N–C) groups is 1. The Morgan fingerprint density at radius 2 is 1.26 bits per heavy atom. The third kappa shape index (κ3) is 4.26. The topological polar surface area (TPSA) is 23.5 Å². The molecule has 0 unspecified atom stereocenters. The average Bonchev–Trinajstić information content (AvgIpc) is 3.59.